The zero-order valence-corrected chi connectivity index (χ0v) is 13.3. The first kappa shape index (κ1) is 17.2. The van der Waals surface area contributed by atoms with E-state index in [4.69, 9.17) is 17.0 Å². The average molecular weight is 305 g/mol. The summed E-state index contributed by atoms with van der Waals surface area (Å²) in [5, 5.41) is 7.46. The largest absolute Gasteiger partial charge is 0.494 e. The molecule has 114 valence electrons. The highest BCUT2D eigenvalue weighted by molar-refractivity contribution is 7.80. The SMILES string of the molecule is C=CCNC(=S)NN=Cc1ccc(OCCCCC)cc1. The zero-order valence-electron chi connectivity index (χ0n) is 12.5. The quantitative estimate of drug-likeness (QED) is 0.242. The molecule has 21 heavy (non-hydrogen) atoms. The number of rotatable bonds is 9. The third-order valence-electron chi connectivity index (χ3n) is 2.68. The number of nitrogens with one attached hydrogen (secondary N) is 2. The first-order chi connectivity index (χ1) is 10.3. The Bertz CT molecular complexity index is 457. The molecule has 0 heterocycles. The third-order valence-corrected chi connectivity index (χ3v) is 2.92. The molecule has 0 aromatic heterocycles. The Hall–Kier alpha value is -1.88. The highest BCUT2D eigenvalue weighted by atomic mass is 32.1. The Balaban J connectivity index is 2.33. The van der Waals surface area contributed by atoms with Gasteiger partial charge in [0.05, 0.1) is 12.8 Å². The van der Waals surface area contributed by atoms with Crippen LogP contribution in [-0.2, 0) is 0 Å². The lowest BCUT2D eigenvalue weighted by Crippen LogP contribution is -2.31. The molecule has 0 spiro atoms. The molecule has 0 unspecified atom stereocenters. The lowest BCUT2D eigenvalue weighted by Gasteiger charge is -2.06. The van der Waals surface area contributed by atoms with Gasteiger partial charge in [-0.05, 0) is 48.5 Å². The fraction of sp³-hybridized carbons (Fsp3) is 0.375. The maximum absolute atomic E-state index is 5.65. The number of thiocarbonyl (C=S) groups is 1. The Morgan fingerprint density at radius 2 is 2.10 bits per heavy atom. The maximum atomic E-state index is 5.65. The van der Waals surface area contributed by atoms with Crippen LogP contribution < -0.4 is 15.5 Å². The van der Waals surface area contributed by atoms with E-state index in [1.807, 2.05) is 24.3 Å². The normalized spacial score (nSPS) is 10.3. The molecular formula is C16H23N3OS. The number of nitrogens with zero attached hydrogens (tertiary/aromatic N) is 1. The Labute approximate surface area is 132 Å². The molecule has 0 bridgehead atoms. The predicted molar refractivity (Wildman–Crippen MR) is 93.0 cm³/mol. The Kier molecular flexibility index (Phi) is 8.88. The monoisotopic (exact) mass is 305 g/mol. The number of benzene rings is 1. The molecule has 1 aromatic carbocycles. The maximum Gasteiger partial charge on any atom is 0.187 e. The van der Waals surface area contributed by atoms with Gasteiger partial charge in [0, 0.05) is 6.54 Å². The molecule has 5 heteroatoms. The van der Waals surface area contributed by atoms with Gasteiger partial charge in [0.15, 0.2) is 5.11 Å². The summed E-state index contributed by atoms with van der Waals surface area (Å²) in [7, 11) is 0. The molecule has 4 nitrogen and oxygen atoms in total. The van der Waals surface area contributed by atoms with E-state index < -0.39 is 0 Å². The van der Waals surface area contributed by atoms with E-state index in [9.17, 15) is 0 Å². The highest BCUT2D eigenvalue weighted by Crippen LogP contribution is 2.11. The summed E-state index contributed by atoms with van der Waals surface area (Å²) >= 11 is 5.02. The van der Waals surface area contributed by atoms with Crippen LogP contribution in [0.2, 0.25) is 0 Å². The third kappa shape index (κ3) is 8.09. The van der Waals surface area contributed by atoms with Gasteiger partial charge in [-0.3, -0.25) is 5.43 Å². The second-order valence-electron chi connectivity index (χ2n) is 4.49. The summed E-state index contributed by atoms with van der Waals surface area (Å²) in [6.07, 6.45) is 6.95. The summed E-state index contributed by atoms with van der Waals surface area (Å²) in [5.41, 5.74) is 3.72. The summed E-state index contributed by atoms with van der Waals surface area (Å²) in [4.78, 5) is 0. The van der Waals surface area contributed by atoms with Crippen molar-refractivity contribution >= 4 is 23.5 Å². The predicted octanol–water partition coefficient (Wildman–Crippen LogP) is 3.24. The summed E-state index contributed by atoms with van der Waals surface area (Å²) in [6.45, 7) is 7.17. The van der Waals surface area contributed by atoms with Gasteiger partial charge >= 0.3 is 0 Å². The van der Waals surface area contributed by atoms with Crippen molar-refractivity contribution in [3.8, 4) is 5.75 Å². The van der Waals surface area contributed by atoms with Crippen molar-refractivity contribution in [3.63, 3.8) is 0 Å². The number of hydrogen-bond donors (Lipinski definition) is 2. The van der Waals surface area contributed by atoms with Crippen LogP contribution in [0, 0.1) is 0 Å². The fourth-order valence-corrected chi connectivity index (χ4v) is 1.70. The Morgan fingerprint density at radius 1 is 1.33 bits per heavy atom. The standard InChI is InChI=1S/C16H23N3OS/c1-3-5-6-12-20-15-9-7-14(8-10-15)13-18-19-16(21)17-11-4-2/h4,7-10,13H,2-3,5-6,11-12H2,1H3,(H2,17,19,21). The van der Waals surface area contributed by atoms with Crippen molar-refractivity contribution in [2.75, 3.05) is 13.2 Å². The molecular weight excluding hydrogens is 282 g/mol. The second kappa shape index (κ2) is 10.9. The number of unbranched alkanes of at least 4 members (excludes halogenated alkanes) is 2. The van der Waals surface area contributed by atoms with Crippen LogP contribution in [0.5, 0.6) is 5.75 Å². The first-order valence-corrected chi connectivity index (χ1v) is 7.57. The van der Waals surface area contributed by atoms with Gasteiger partial charge in [0.1, 0.15) is 5.75 Å². The van der Waals surface area contributed by atoms with Crippen molar-refractivity contribution < 1.29 is 4.74 Å². The van der Waals surface area contributed by atoms with Crippen molar-refractivity contribution in [3.05, 3.63) is 42.5 Å². The van der Waals surface area contributed by atoms with Crippen LogP contribution in [0.1, 0.15) is 31.7 Å². The van der Waals surface area contributed by atoms with Crippen LogP contribution in [0.3, 0.4) is 0 Å². The van der Waals surface area contributed by atoms with Crippen molar-refractivity contribution in [1.82, 2.24) is 10.7 Å². The minimum absolute atomic E-state index is 0.474. The van der Waals surface area contributed by atoms with Crippen LogP contribution in [0.15, 0.2) is 42.0 Å². The van der Waals surface area contributed by atoms with Gasteiger partial charge in [-0.15, -0.1) is 6.58 Å². The van der Waals surface area contributed by atoms with Crippen LogP contribution in [0.4, 0.5) is 0 Å². The lowest BCUT2D eigenvalue weighted by molar-refractivity contribution is 0.306. The summed E-state index contributed by atoms with van der Waals surface area (Å²) in [6, 6.07) is 7.81. The number of ether oxygens (including phenoxy) is 1. The molecule has 0 amide bonds. The van der Waals surface area contributed by atoms with Gasteiger partial charge in [-0.1, -0.05) is 25.8 Å². The second-order valence-corrected chi connectivity index (χ2v) is 4.90. The molecule has 0 aliphatic carbocycles. The first-order valence-electron chi connectivity index (χ1n) is 7.17. The molecule has 0 aliphatic rings. The average Bonchev–Trinajstić information content (AvgIpc) is 2.51. The van der Waals surface area contributed by atoms with Gasteiger partial charge in [0.2, 0.25) is 0 Å². The van der Waals surface area contributed by atoms with Crippen molar-refractivity contribution in [2.45, 2.75) is 26.2 Å². The zero-order chi connectivity index (χ0) is 15.3. The van der Waals surface area contributed by atoms with E-state index in [2.05, 4.69) is 29.3 Å². The van der Waals surface area contributed by atoms with E-state index in [-0.39, 0.29) is 0 Å². The molecule has 1 aromatic rings. The van der Waals surface area contributed by atoms with E-state index in [1.165, 1.54) is 12.8 Å². The molecule has 1 rings (SSSR count). The van der Waals surface area contributed by atoms with Crippen molar-refractivity contribution in [1.29, 1.82) is 0 Å². The summed E-state index contributed by atoms with van der Waals surface area (Å²) < 4.78 is 5.65. The summed E-state index contributed by atoms with van der Waals surface area (Å²) in [5.74, 6) is 0.888. The minimum atomic E-state index is 0.474. The van der Waals surface area contributed by atoms with Gasteiger partial charge < -0.3 is 10.1 Å². The molecule has 0 fully saturated rings. The topological polar surface area (TPSA) is 45.7 Å². The Morgan fingerprint density at radius 3 is 2.76 bits per heavy atom. The fourth-order valence-electron chi connectivity index (χ4n) is 1.56. The molecule has 2 N–H and O–H groups in total. The van der Waals surface area contributed by atoms with Crippen LogP contribution >= 0.6 is 12.2 Å². The van der Waals surface area contributed by atoms with Gasteiger partial charge in [0.25, 0.3) is 0 Å². The number of hydrogen-bond acceptors (Lipinski definition) is 3. The smallest absolute Gasteiger partial charge is 0.187 e. The van der Waals surface area contributed by atoms with E-state index in [1.54, 1.807) is 12.3 Å². The molecule has 0 aliphatic heterocycles. The lowest BCUT2D eigenvalue weighted by atomic mass is 10.2. The van der Waals surface area contributed by atoms with E-state index in [0.29, 0.717) is 11.7 Å². The van der Waals surface area contributed by atoms with Gasteiger partial charge in [-0.25, -0.2) is 0 Å². The van der Waals surface area contributed by atoms with E-state index in [0.717, 1.165) is 24.3 Å². The molecule has 0 saturated carbocycles. The molecule has 0 saturated heterocycles. The van der Waals surface area contributed by atoms with Crippen LogP contribution in [-0.4, -0.2) is 24.5 Å². The van der Waals surface area contributed by atoms with Crippen molar-refractivity contribution in [2.24, 2.45) is 5.10 Å². The van der Waals surface area contributed by atoms with Gasteiger partial charge in [-0.2, -0.15) is 5.10 Å². The highest BCUT2D eigenvalue weighted by Gasteiger charge is 1.94. The van der Waals surface area contributed by atoms with Crippen LogP contribution in [0.25, 0.3) is 0 Å². The number of hydrazone groups is 1. The molecule has 0 atom stereocenters. The minimum Gasteiger partial charge on any atom is -0.494 e. The van der Waals surface area contributed by atoms with E-state index >= 15 is 0 Å². The molecule has 0 radical (unpaired) electrons.